The molecular weight excluding hydrogens is 306 g/mol. The molecule has 2 rings (SSSR count). The van der Waals surface area contributed by atoms with Gasteiger partial charge in [-0.1, -0.05) is 6.92 Å². The number of likely N-dealkylation sites (tertiary alicyclic amines) is 1. The molecule has 0 bridgehead atoms. The Morgan fingerprint density at radius 2 is 2.42 bits per heavy atom. The van der Waals surface area contributed by atoms with Gasteiger partial charge in [-0.25, -0.2) is 4.98 Å². The molecule has 2 heterocycles. The minimum Gasteiger partial charge on any atom is -0.370 e. The molecule has 1 saturated heterocycles. The summed E-state index contributed by atoms with van der Waals surface area (Å²) in [6, 6.07) is 1.85. The van der Waals surface area contributed by atoms with Crippen LogP contribution in [0.5, 0.6) is 0 Å². The number of amides is 1. The number of anilines is 1. The predicted molar refractivity (Wildman–Crippen MR) is 80.4 cm³/mol. The van der Waals surface area contributed by atoms with E-state index in [1.165, 1.54) is 6.42 Å². The van der Waals surface area contributed by atoms with Crippen LogP contribution in [0.2, 0.25) is 0 Å². The summed E-state index contributed by atoms with van der Waals surface area (Å²) in [6.07, 6.45) is 4.01. The van der Waals surface area contributed by atoms with E-state index < -0.39 is 0 Å². The van der Waals surface area contributed by atoms with Gasteiger partial charge in [-0.15, -0.1) is 0 Å². The summed E-state index contributed by atoms with van der Waals surface area (Å²) in [4.78, 5) is 18.9. The first kappa shape index (κ1) is 14.3. The molecule has 1 aromatic rings. The molecule has 1 N–H and O–H groups in total. The maximum absolute atomic E-state index is 12.6. The number of nitrogens with one attached hydrogen (secondary N) is 1. The molecule has 1 amide bonds. The SMILES string of the molecule is CCNc1ncc(Br)cc1C(=O)N1CCCC(C)C1. The van der Waals surface area contributed by atoms with E-state index >= 15 is 0 Å². The number of nitrogens with zero attached hydrogens (tertiary/aromatic N) is 2. The monoisotopic (exact) mass is 325 g/mol. The first-order valence-electron chi connectivity index (χ1n) is 6.80. The summed E-state index contributed by atoms with van der Waals surface area (Å²) in [5, 5.41) is 3.16. The Hall–Kier alpha value is -1.10. The highest BCUT2D eigenvalue weighted by molar-refractivity contribution is 9.10. The average Bonchev–Trinajstić information content (AvgIpc) is 2.40. The van der Waals surface area contributed by atoms with Crippen molar-refractivity contribution in [3.05, 3.63) is 22.3 Å². The van der Waals surface area contributed by atoms with Gasteiger partial charge in [0, 0.05) is 30.3 Å². The van der Waals surface area contributed by atoms with Gasteiger partial charge in [0.25, 0.3) is 5.91 Å². The summed E-state index contributed by atoms with van der Waals surface area (Å²) in [6.45, 7) is 6.65. The molecule has 4 nitrogen and oxygen atoms in total. The standard InChI is InChI=1S/C14H20BrN3O/c1-3-16-13-12(7-11(15)8-17-13)14(19)18-6-4-5-10(2)9-18/h7-8,10H,3-6,9H2,1-2H3,(H,16,17). The van der Waals surface area contributed by atoms with Gasteiger partial charge in [0.05, 0.1) is 5.56 Å². The lowest BCUT2D eigenvalue weighted by Gasteiger charge is -2.31. The average molecular weight is 326 g/mol. The quantitative estimate of drug-likeness (QED) is 0.928. The van der Waals surface area contributed by atoms with Gasteiger partial charge in [-0.2, -0.15) is 0 Å². The molecule has 0 aliphatic carbocycles. The summed E-state index contributed by atoms with van der Waals surface area (Å²) in [5.41, 5.74) is 0.658. The molecule has 104 valence electrons. The molecule has 1 atom stereocenters. The minimum atomic E-state index is 0.0799. The number of rotatable bonds is 3. The highest BCUT2D eigenvalue weighted by Crippen LogP contribution is 2.23. The molecule has 0 radical (unpaired) electrons. The number of piperidine rings is 1. The Balaban J connectivity index is 2.24. The minimum absolute atomic E-state index is 0.0799. The molecule has 1 aliphatic heterocycles. The lowest BCUT2D eigenvalue weighted by Crippen LogP contribution is -2.39. The van der Waals surface area contributed by atoms with E-state index in [-0.39, 0.29) is 5.91 Å². The number of carbonyl (C=O) groups is 1. The number of hydrogen-bond donors (Lipinski definition) is 1. The van der Waals surface area contributed by atoms with E-state index in [0.29, 0.717) is 17.3 Å². The fraction of sp³-hybridized carbons (Fsp3) is 0.571. The van der Waals surface area contributed by atoms with Gasteiger partial charge >= 0.3 is 0 Å². The highest BCUT2D eigenvalue weighted by Gasteiger charge is 2.24. The fourth-order valence-electron chi connectivity index (χ4n) is 2.45. The molecule has 1 unspecified atom stereocenters. The second-order valence-electron chi connectivity index (χ2n) is 5.08. The summed E-state index contributed by atoms with van der Waals surface area (Å²) < 4.78 is 0.836. The van der Waals surface area contributed by atoms with Crippen LogP contribution in [0.4, 0.5) is 5.82 Å². The molecule has 5 heteroatoms. The van der Waals surface area contributed by atoms with Crippen LogP contribution in [-0.4, -0.2) is 35.4 Å². The van der Waals surface area contributed by atoms with Crippen LogP contribution >= 0.6 is 15.9 Å². The Morgan fingerprint density at radius 1 is 1.63 bits per heavy atom. The first-order chi connectivity index (χ1) is 9.11. The van der Waals surface area contributed by atoms with E-state index in [0.717, 1.165) is 30.5 Å². The zero-order valence-electron chi connectivity index (χ0n) is 11.4. The zero-order chi connectivity index (χ0) is 13.8. The maximum atomic E-state index is 12.6. The van der Waals surface area contributed by atoms with Crippen molar-refractivity contribution in [1.82, 2.24) is 9.88 Å². The van der Waals surface area contributed by atoms with Gasteiger partial charge in [0.15, 0.2) is 0 Å². The van der Waals surface area contributed by atoms with Gasteiger partial charge in [0.1, 0.15) is 5.82 Å². The molecule has 1 aromatic heterocycles. The van der Waals surface area contributed by atoms with Crippen LogP contribution in [0.3, 0.4) is 0 Å². The number of carbonyl (C=O) groups excluding carboxylic acids is 1. The van der Waals surface area contributed by atoms with E-state index in [1.807, 2.05) is 17.9 Å². The van der Waals surface area contributed by atoms with Crippen molar-refractivity contribution in [2.75, 3.05) is 25.0 Å². The smallest absolute Gasteiger partial charge is 0.257 e. The number of halogens is 1. The van der Waals surface area contributed by atoms with Crippen LogP contribution < -0.4 is 5.32 Å². The van der Waals surface area contributed by atoms with Crippen LogP contribution in [0.25, 0.3) is 0 Å². The van der Waals surface area contributed by atoms with E-state index in [9.17, 15) is 4.79 Å². The number of pyridine rings is 1. The molecular formula is C14H20BrN3O. The van der Waals surface area contributed by atoms with E-state index in [1.54, 1.807) is 6.20 Å². The number of aromatic nitrogens is 1. The van der Waals surface area contributed by atoms with Crippen LogP contribution in [0.15, 0.2) is 16.7 Å². The van der Waals surface area contributed by atoms with Gasteiger partial charge < -0.3 is 10.2 Å². The first-order valence-corrected chi connectivity index (χ1v) is 7.59. The Labute approximate surface area is 122 Å². The highest BCUT2D eigenvalue weighted by atomic mass is 79.9. The third-order valence-electron chi connectivity index (χ3n) is 3.37. The van der Waals surface area contributed by atoms with E-state index in [2.05, 4.69) is 33.2 Å². The third kappa shape index (κ3) is 3.47. The van der Waals surface area contributed by atoms with Crippen LogP contribution in [-0.2, 0) is 0 Å². The predicted octanol–water partition coefficient (Wildman–Crippen LogP) is 3.15. The largest absolute Gasteiger partial charge is 0.370 e. The molecule has 0 saturated carbocycles. The third-order valence-corrected chi connectivity index (χ3v) is 3.81. The van der Waals surface area contributed by atoms with Crippen molar-refractivity contribution in [2.24, 2.45) is 5.92 Å². The summed E-state index contributed by atoms with van der Waals surface area (Å²) in [5.74, 6) is 1.34. The second-order valence-corrected chi connectivity index (χ2v) is 5.99. The Bertz CT molecular complexity index is 464. The lowest BCUT2D eigenvalue weighted by molar-refractivity contribution is 0.0683. The van der Waals surface area contributed by atoms with Crippen molar-refractivity contribution in [3.63, 3.8) is 0 Å². The topological polar surface area (TPSA) is 45.2 Å². The summed E-state index contributed by atoms with van der Waals surface area (Å²) >= 11 is 3.39. The summed E-state index contributed by atoms with van der Waals surface area (Å²) in [7, 11) is 0. The van der Waals surface area contributed by atoms with Crippen molar-refractivity contribution >= 4 is 27.7 Å². The second kappa shape index (κ2) is 6.37. The van der Waals surface area contributed by atoms with Crippen molar-refractivity contribution in [1.29, 1.82) is 0 Å². The van der Waals surface area contributed by atoms with Crippen LogP contribution in [0.1, 0.15) is 37.0 Å². The molecule has 0 aromatic carbocycles. The van der Waals surface area contributed by atoms with Crippen molar-refractivity contribution in [2.45, 2.75) is 26.7 Å². The Kier molecular flexibility index (Phi) is 4.80. The Morgan fingerprint density at radius 3 is 3.11 bits per heavy atom. The van der Waals surface area contributed by atoms with Crippen molar-refractivity contribution < 1.29 is 4.79 Å². The normalized spacial score (nSPS) is 19.3. The van der Waals surface area contributed by atoms with E-state index in [4.69, 9.17) is 0 Å². The number of hydrogen-bond acceptors (Lipinski definition) is 3. The molecule has 19 heavy (non-hydrogen) atoms. The molecule has 0 spiro atoms. The fourth-order valence-corrected chi connectivity index (χ4v) is 2.79. The molecule has 1 aliphatic rings. The van der Waals surface area contributed by atoms with Crippen molar-refractivity contribution in [3.8, 4) is 0 Å². The van der Waals surface area contributed by atoms with Gasteiger partial charge in [-0.05, 0) is 47.7 Å². The maximum Gasteiger partial charge on any atom is 0.257 e. The van der Waals surface area contributed by atoms with Gasteiger partial charge in [-0.3, -0.25) is 4.79 Å². The zero-order valence-corrected chi connectivity index (χ0v) is 13.0. The van der Waals surface area contributed by atoms with Gasteiger partial charge in [0.2, 0.25) is 0 Å². The van der Waals surface area contributed by atoms with Crippen LogP contribution in [0, 0.1) is 5.92 Å². The lowest BCUT2D eigenvalue weighted by atomic mass is 9.99. The molecule has 1 fully saturated rings.